The number of carbonyl (C=O) groups is 2. The van der Waals surface area contributed by atoms with Crippen molar-refractivity contribution in [1.29, 1.82) is 0 Å². The van der Waals surface area contributed by atoms with Gasteiger partial charge >= 0.3 is 12.1 Å². The van der Waals surface area contributed by atoms with Gasteiger partial charge in [0.25, 0.3) is 11.6 Å². The van der Waals surface area contributed by atoms with E-state index in [1.807, 2.05) is 0 Å². The fourth-order valence-electron chi connectivity index (χ4n) is 5.71. The number of carbonyl (C=O) groups excluding carboxylic acids is 2. The van der Waals surface area contributed by atoms with E-state index >= 15 is 0 Å². The fourth-order valence-corrected chi connectivity index (χ4v) is 7.09. The number of nitrogens with zero attached hydrogens (tertiary/aromatic N) is 2. The van der Waals surface area contributed by atoms with Crippen LogP contribution in [0.2, 0.25) is 0 Å². The van der Waals surface area contributed by atoms with Crippen molar-refractivity contribution in [2.24, 2.45) is 0 Å². The molecule has 0 fully saturated rings. The van der Waals surface area contributed by atoms with Crippen LogP contribution in [0.4, 0.5) is 24.7 Å². The molecule has 1 aromatic heterocycles. The van der Waals surface area contributed by atoms with Crippen molar-refractivity contribution in [3.63, 3.8) is 0 Å². The first-order valence-electron chi connectivity index (χ1n) is 17.1. The van der Waals surface area contributed by atoms with Gasteiger partial charge in [0.05, 0.1) is 17.6 Å². The number of sulfonamides is 1. The van der Waals surface area contributed by atoms with Crippen LogP contribution in [0.15, 0.2) is 108 Å². The van der Waals surface area contributed by atoms with Gasteiger partial charge in [0.1, 0.15) is 5.82 Å². The lowest BCUT2D eigenvalue weighted by Crippen LogP contribution is -2.54. The van der Waals surface area contributed by atoms with Crippen molar-refractivity contribution >= 4 is 44.2 Å². The molecule has 55 heavy (non-hydrogen) atoms. The maximum atomic E-state index is 14.6. The Morgan fingerprint density at radius 2 is 1.64 bits per heavy atom. The number of esters is 1. The van der Waals surface area contributed by atoms with E-state index in [1.54, 1.807) is 63.2 Å². The van der Waals surface area contributed by atoms with E-state index in [0.29, 0.717) is 10.8 Å². The molecule has 1 heterocycles. The Bertz CT molecular complexity index is 2270. The van der Waals surface area contributed by atoms with E-state index in [9.17, 15) is 31.2 Å². The summed E-state index contributed by atoms with van der Waals surface area (Å²) in [4.78, 5) is 31.3. The van der Waals surface area contributed by atoms with Crippen LogP contribution in [0.25, 0.3) is 10.8 Å². The minimum Gasteiger partial charge on any atom is -0.490 e. The number of nitrogens with one attached hydrogen (secondary N) is 2. The summed E-state index contributed by atoms with van der Waals surface area (Å²) in [6, 6.07) is 24.7. The molecule has 4 aromatic carbocycles. The topological polar surface area (TPSA) is 162 Å². The lowest BCUT2D eigenvalue weighted by Gasteiger charge is -2.35. The molecule has 5 aromatic rings. The number of halogens is 3. The predicted molar refractivity (Wildman–Crippen MR) is 200 cm³/mol. The second-order valence-electron chi connectivity index (χ2n) is 12.6. The average molecular weight is 780 g/mol. The molecule has 0 aliphatic carbocycles. The zero-order valence-electron chi connectivity index (χ0n) is 30.4. The Morgan fingerprint density at radius 3 is 2.33 bits per heavy atom. The van der Waals surface area contributed by atoms with Gasteiger partial charge in [0.15, 0.2) is 11.5 Å². The summed E-state index contributed by atoms with van der Waals surface area (Å²) in [5, 5.41) is 6.29. The first kappa shape index (κ1) is 40.3. The lowest BCUT2D eigenvalue weighted by atomic mass is 9.99. The summed E-state index contributed by atoms with van der Waals surface area (Å²) in [5.74, 6) is -3.52. The Hall–Kier alpha value is -5.87. The number of pyridine rings is 1. The summed E-state index contributed by atoms with van der Waals surface area (Å²) in [5.41, 5.74) is 3.69. The summed E-state index contributed by atoms with van der Waals surface area (Å²) in [6.07, 6.45) is -4.44. The number of amides is 1. The SMILES string of the molecule is CCOc1cc(C(Nc2ccc3c(N)nccc3c2)(OC(=O)C(F)(F)F)C(=O)NCc2ccccc2S(=O)(=O)N(C)Cc2ccccc2)ccc1OC(C)C. The quantitative estimate of drug-likeness (QED) is 0.0789. The van der Waals surface area contributed by atoms with E-state index in [0.717, 1.165) is 9.87 Å². The zero-order chi connectivity index (χ0) is 40.0. The summed E-state index contributed by atoms with van der Waals surface area (Å²) < 4.78 is 87.7. The van der Waals surface area contributed by atoms with Gasteiger partial charge in [0.2, 0.25) is 10.0 Å². The number of nitrogens with two attached hydrogens (primary N) is 1. The van der Waals surface area contributed by atoms with Crippen molar-refractivity contribution in [2.75, 3.05) is 24.7 Å². The minimum absolute atomic E-state index is 0.0381. The van der Waals surface area contributed by atoms with Gasteiger partial charge < -0.3 is 30.6 Å². The Labute approximate surface area is 316 Å². The summed E-state index contributed by atoms with van der Waals surface area (Å²) in [7, 11) is -2.75. The molecule has 1 unspecified atom stereocenters. The number of nitrogen functional groups attached to an aromatic ring is 1. The lowest BCUT2D eigenvalue weighted by molar-refractivity contribution is -0.213. The molecule has 1 atom stereocenters. The summed E-state index contributed by atoms with van der Waals surface area (Å²) in [6.45, 7) is 4.83. The normalized spacial score (nSPS) is 13.0. The molecule has 12 nitrogen and oxygen atoms in total. The molecule has 0 radical (unpaired) electrons. The van der Waals surface area contributed by atoms with Crippen molar-refractivity contribution in [1.82, 2.24) is 14.6 Å². The molecule has 0 aliphatic rings. The van der Waals surface area contributed by atoms with Crippen LogP contribution in [0.3, 0.4) is 0 Å². The molecule has 1 amide bonds. The van der Waals surface area contributed by atoms with Gasteiger partial charge in [-0.15, -0.1) is 0 Å². The Kier molecular flexibility index (Phi) is 12.2. The highest BCUT2D eigenvalue weighted by atomic mass is 32.2. The van der Waals surface area contributed by atoms with E-state index < -0.39 is 40.3 Å². The van der Waals surface area contributed by atoms with E-state index in [-0.39, 0.29) is 58.3 Å². The summed E-state index contributed by atoms with van der Waals surface area (Å²) >= 11 is 0. The number of fused-ring (bicyclic) bond motifs is 1. The maximum Gasteiger partial charge on any atom is 0.491 e. The van der Waals surface area contributed by atoms with Crippen molar-refractivity contribution in [3.05, 3.63) is 120 Å². The standard InChI is InChI=1S/C39H40F3N5O7S/c1-5-52-33-22-29(15-18-32(33)53-25(2)3)38(54-37(49)39(40,41)42,46-30-16-17-31-27(21-30)19-20-44-35(31)43)36(48)45-23-28-13-9-10-14-34(28)55(50,51)47(4)24-26-11-7-6-8-12-26/h6-22,25,46H,5,23-24H2,1-4H3,(H2,43,44)(H,45,48). The van der Waals surface area contributed by atoms with Crippen LogP contribution in [-0.4, -0.2) is 55.5 Å². The first-order valence-corrected chi connectivity index (χ1v) is 18.5. The van der Waals surface area contributed by atoms with Gasteiger partial charge in [-0.25, -0.2) is 18.2 Å². The third kappa shape index (κ3) is 9.27. The number of anilines is 2. The second-order valence-corrected chi connectivity index (χ2v) is 14.6. The average Bonchev–Trinajstić information content (AvgIpc) is 3.14. The fraction of sp³-hybridized carbons (Fsp3) is 0.256. The zero-order valence-corrected chi connectivity index (χ0v) is 31.2. The molecular formula is C39H40F3N5O7S. The maximum absolute atomic E-state index is 14.6. The van der Waals surface area contributed by atoms with E-state index in [1.165, 1.54) is 67.8 Å². The smallest absolute Gasteiger partial charge is 0.490 e. The van der Waals surface area contributed by atoms with Crippen molar-refractivity contribution < 1.29 is 45.4 Å². The van der Waals surface area contributed by atoms with Crippen molar-refractivity contribution in [2.45, 2.75) is 56.8 Å². The number of hydrogen-bond acceptors (Lipinski definition) is 10. The number of alkyl halides is 3. The van der Waals surface area contributed by atoms with Gasteiger partial charge in [-0.05, 0) is 85.8 Å². The number of ether oxygens (including phenoxy) is 3. The molecule has 0 aliphatic heterocycles. The molecule has 0 saturated heterocycles. The largest absolute Gasteiger partial charge is 0.491 e. The van der Waals surface area contributed by atoms with Crippen LogP contribution in [0.5, 0.6) is 11.5 Å². The predicted octanol–water partition coefficient (Wildman–Crippen LogP) is 6.51. The number of benzene rings is 4. The number of hydrogen-bond donors (Lipinski definition) is 3. The van der Waals surface area contributed by atoms with Crippen LogP contribution >= 0.6 is 0 Å². The highest BCUT2D eigenvalue weighted by Gasteiger charge is 2.52. The third-order valence-corrected chi connectivity index (χ3v) is 10.2. The first-order chi connectivity index (χ1) is 26.0. The molecule has 290 valence electrons. The van der Waals surface area contributed by atoms with Gasteiger partial charge in [-0.2, -0.15) is 17.5 Å². The highest BCUT2D eigenvalue weighted by Crippen LogP contribution is 2.38. The van der Waals surface area contributed by atoms with Crippen molar-refractivity contribution in [3.8, 4) is 11.5 Å². The number of aromatic nitrogens is 1. The molecule has 16 heteroatoms. The molecule has 0 saturated carbocycles. The van der Waals surface area contributed by atoms with Gasteiger partial charge in [0, 0.05) is 43.0 Å². The van der Waals surface area contributed by atoms with Crippen LogP contribution < -0.4 is 25.8 Å². The second kappa shape index (κ2) is 16.7. The third-order valence-electron chi connectivity index (χ3n) is 8.27. The van der Waals surface area contributed by atoms with Gasteiger partial charge in [-0.1, -0.05) is 48.5 Å². The van der Waals surface area contributed by atoms with Gasteiger partial charge in [-0.3, -0.25) is 4.79 Å². The highest BCUT2D eigenvalue weighted by molar-refractivity contribution is 7.89. The van der Waals surface area contributed by atoms with E-state index in [4.69, 9.17) is 19.9 Å². The molecule has 4 N–H and O–H groups in total. The van der Waals surface area contributed by atoms with E-state index in [2.05, 4.69) is 15.6 Å². The van der Waals surface area contributed by atoms with Crippen LogP contribution in [0.1, 0.15) is 37.5 Å². The minimum atomic E-state index is -5.54. The van der Waals surface area contributed by atoms with Crippen LogP contribution in [0, 0.1) is 0 Å². The molecule has 5 rings (SSSR count). The Morgan fingerprint density at radius 1 is 0.927 bits per heavy atom. The molecular weight excluding hydrogens is 740 g/mol. The van der Waals surface area contributed by atoms with Crippen LogP contribution in [-0.2, 0) is 43.2 Å². The number of rotatable bonds is 15. The molecule has 0 spiro atoms. The Balaban J connectivity index is 1.62. The monoisotopic (exact) mass is 779 g/mol. The molecule has 0 bridgehead atoms.